The quantitative estimate of drug-likeness (QED) is 0.0197. The number of furan rings is 4. The topological polar surface area (TPSA) is 459 Å². The summed E-state index contributed by atoms with van der Waals surface area (Å²) >= 11 is 0. The molecule has 113 heavy (non-hydrogen) atoms. The second-order valence-corrected chi connectivity index (χ2v) is 29.6. The molecule has 10 N–H and O–H groups in total. The summed E-state index contributed by atoms with van der Waals surface area (Å²) in [5, 5.41) is 54.4. The molecule has 1 aliphatic heterocycles. The first-order chi connectivity index (χ1) is 53.5. The van der Waals surface area contributed by atoms with Gasteiger partial charge in [-0.2, -0.15) is 8.42 Å². The van der Waals surface area contributed by atoms with Crippen LogP contribution in [0.25, 0.3) is 0 Å². The maximum atomic E-state index is 12.8. The lowest BCUT2D eigenvalue weighted by Gasteiger charge is -2.15. The Kier molecular flexibility index (Phi) is 38.5. The van der Waals surface area contributed by atoms with Crippen LogP contribution < -0.4 is 26.4 Å². The van der Waals surface area contributed by atoms with Crippen LogP contribution in [-0.4, -0.2) is 176 Å². The van der Waals surface area contributed by atoms with E-state index in [1.165, 1.54) is 94.6 Å². The highest BCUT2D eigenvalue weighted by molar-refractivity contribution is 7.84. The number of aromatic nitrogens is 8. The van der Waals surface area contributed by atoms with Crippen LogP contribution in [0.3, 0.4) is 0 Å². The van der Waals surface area contributed by atoms with E-state index in [1.54, 1.807) is 58.7 Å². The minimum absolute atomic E-state index is 0. The number of anilines is 4. The number of methoxy groups -OCH3 is 3. The van der Waals surface area contributed by atoms with Gasteiger partial charge in [-0.1, -0.05) is 62.3 Å². The van der Waals surface area contributed by atoms with Crippen LogP contribution in [0, 0.1) is 41.4 Å². The van der Waals surface area contributed by atoms with E-state index in [0.29, 0.717) is 114 Å². The van der Waals surface area contributed by atoms with Crippen molar-refractivity contribution in [1.29, 1.82) is 0 Å². The van der Waals surface area contributed by atoms with E-state index in [0.717, 1.165) is 74.3 Å². The molecule has 8 aromatic heterocycles. The fourth-order valence-corrected chi connectivity index (χ4v) is 14.7. The lowest BCUT2D eigenvalue weighted by molar-refractivity contribution is 0.100. The van der Waals surface area contributed by atoms with Crippen molar-refractivity contribution in [2.24, 2.45) is 46.6 Å². The third kappa shape index (κ3) is 27.6. The summed E-state index contributed by atoms with van der Waals surface area (Å²) in [5.74, 6) is 4.65. The zero-order valence-corrected chi connectivity index (χ0v) is 65.3. The lowest BCUT2D eigenvalue weighted by atomic mass is 9.96. The van der Waals surface area contributed by atoms with Crippen molar-refractivity contribution in [2.75, 3.05) is 75.6 Å². The smallest absolute Gasteiger partial charge is 0.333 e. The minimum atomic E-state index is -4.08. The minimum Gasteiger partial charge on any atom is -0.460 e. The normalized spacial score (nSPS) is 22.0. The van der Waals surface area contributed by atoms with Gasteiger partial charge in [0.2, 0.25) is 23.1 Å². The lowest BCUT2D eigenvalue weighted by Crippen LogP contribution is -2.24. The Balaban J connectivity index is 0.000000226. The number of hydrogen-bond acceptors (Lipinski definition) is 31. The molecule has 0 radical (unpaired) electrons. The number of nitrogens with one attached hydrogen (secondary N) is 4. The van der Waals surface area contributed by atoms with Crippen LogP contribution in [0.1, 0.15) is 220 Å². The van der Waals surface area contributed by atoms with Crippen LogP contribution in [0.5, 0.6) is 0 Å². The molecule has 9 heterocycles. The van der Waals surface area contributed by atoms with E-state index in [9.17, 15) is 37.8 Å². The second-order valence-electron chi connectivity index (χ2n) is 28.4. The molecule has 0 aromatic carbocycles. The maximum absolute atomic E-state index is 12.8. The van der Waals surface area contributed by atoms with Gasteiger partial charge in [-0.3, -0.25) is 23.4 Å². The molecule has 0 amide bonds. The Morgan fingerprint density at radius 1 is 0.478 bits per heavy atom. The zero-order chi connectivity index (χ0) is 80.0. The van der Waals surface area contributed by atoms with Gasteiger partial charge in [0, 0.05) is 125 Å². The number of aliphatic hydroxyl groups is 4. The van der Waals surface area contributed by atoms with E-state index >= 15 is 0 Å². The Morgan fingerprint density at radius 3 is 1.04 bits per heavy atom. The number of nitrogens with zero attached hydrogens (tertiary/aromatic N) is 8. The third-order valence-corrected chi connectivity index (χ3v) is 20.6. The summed E-state index contributed by atoms with van der Waals surface area (Å²) in [4.78, 5) is 83.8. The van der Waals surface area contributed by atoms with Crippen molar-refractivity contribution in [3.8, 4) is 0 Å². The first kappa shape index (κ1) is 92.7. The van der Waals surface area contributed by atoms with Crippen molar-refractivity contribution in [2.45, 2.75) is 190 Å². The summed E-state index contributed by atoms with van der Waals surface area (Å²) in [6.07, 6.45) is 28.4. The number of ketones is 4. The van der Waals surface area contributed by atoms with Crippen molar-refractivity contribution >= 4 is 56.7 Å². The Morgan fingerprint density at radius 2 is 0.779 bits per heavy atom. The molecule has 33 heteroatoms. The summed E-state index contributed by atoms with van der Waals surface area (Å²) in [6, 6.07) is 7.08. The van der Waals surface area contributed by atoms with Crippen LogP contribution in [0.2, 0.25) is 0 Å². The molecule has 4 saturated carbocycles. The standard InChI is InChI=1S/C19H25N3O3.C18H23N3O4.C18H23N3O3.C17H22N4O7S.C4H8O.C2H6O.2CH4/c1-4-14-7-15(5-12(14)2)22-19-16(8-20-11-21-19)18(23)17-6-13(9-24-3)10-25-17;1-11-3-14(5-13(11)7-22)21-18-15(6-19-10-20-18)17(23)16-4-12(8-24-2)9-25-16;1-3-13-6-14(4-11(13)2)21-18-15(7-19-10-20-18)17(23)16-5-12(8-22)9-24-16;1-26-6-10-2-15(27-7-10)16(23)13-5-19-9-20-17(13)21-12-3-11(14(22)4-12)8-28-29(18,24)25;1-2-4-5-3-1;1-2-3;;/h6,8,10-12,14-15H,4-5,7,9H2,1-3H3,(H,20,21,22);4,6,9-11,13-14,22H,3,5,7-8H2,1-2H3,(H,19,20,21);5,7,9-11,13-14,22H,3-4,6,8H2,1-2H3,(H,19,20,21);2,5,7,9,11-12,14,22H,3-4,6,8H2,1H3,(H2,18,24,25)(H,19,20,21);1-4H2;3H,2H2,1H3;2*1H4/t12-,14-,15-;11-,13+,14-;11-,13-,14-;11-,12-,14+;;;;/m0001..../s1. The molecule has 4 aliphatic carbocycles. The summed E-state index contributed by atoms with van der Waals surface area (Å²) in [5.41, 5.74) is 4.34. The largest absolute Gasteiger partial charge is 0.460 e. The van der Waals surface area contributed by atoms with E-state index in [4.69, 9.17) is 52.0 Å². The van der Waals surface area contributed by atoms with Gasteiger partial charge in [-0.25, -0.2) is 45.0 Å². The highest BCUT2D eigenvalue weighted by atomic mass is 32.2. The summed E-state index contributed by atoms with van der Waals surface area (Å²) < 4.78 is 67.9. The van der Waals surface area contributed by atoms with Gasteiger partial charge in [-0.15, -0.1) is 0 Å². The molecule has 0 unspecified atom stereocenters. The van der Waals surface area contributed by atoms with Gasteiger partial charge in [0.25, 0.3) is 0 Å². The predicted molar refractivity (Wildman–Crippen MR) is 422 cm³/mol. The van der Waals surface area contributed by atoms with Crippen molar-refractivity contribution < 1.29 is 88.8 Å². The molecule has 0 bridgehead atoms. The van der Waals surface area contributed by atoms with E-state index in [-0.39, 0.29) is 105 Å². The second kappa shape index (κ2) is 46.9. The molecule has 5 aliphatic rings. The first-order valence-electron chi connectivity index (χ1n) is 37.5. The average Bonchev–Trinajstić information content (AvgIpc) is 1.26. The number of rotatable bonds is 29. The van der Waals surface area contributed by atoms with Crippen LogP contribution in [-0.2, 0) is 59.9 Å². The van der Waals surface area contributed by atoms with Gasteiger partial charge < -0.3 is 78.3 Å². The molecule has 32 nitrogen and oxygen atoms in total. The summed E-state index contributed by atoms with van der Waals surface area (Å²) in [6.45, 7) is 16.0. The highest BCUT2D eigenvalue weighted by Crippen LogP contribution is 2.39. The van der Waals surface area contributed by atoms with Crippen molar-refractivity contribution in [3.05, 3.63) is 167 Å². The molecule has 620 valence electrons. The molecule has 12 atom stereocenters. The SMILES string of the molecule is C.C.C1CCOC1.CCO.CC[C@H]1C[C@@H](Nc2ncncc2C(=O)c2cc(CO)co2)C[C@@H]1C.CC[C@H]1C[C@@H](Nc2ncncc2C(=O)c2cc(COC)co2)C[C@@H]1C.COCc1coc(C(=O)c2cncnc2N[C@@H]2C[C@H](CO)[C@@H](C)C2)c1.COCc1coc(C(=O)c2cncnc2N[C@@H]2C[C@H](COS(N)(=O)=O)[C@@H](O)C2)c1. The first-order valence-corrected chi connectivity index (χ1v) is 39.0. The van der Waals surface area contributed by atoms with Gasteiger partial charge in [0.15, 0.2) is 23.0 Å². The third-order valence-electron chi connectivity index (χ3n) is 20.2. The summed E-state index contributed by atoms with van der Waals surface area (Å²) in [7, 11) is 0.654. The van der Waals surface area contributed by atoms with E-state index < -0.39 is 28.1 Å². The number of carbonyl (C=O) groups excluding carboxylic acids is 4. The predicted octanol–water partition coefficient (Wildman–Crippen LogP) is 11.3. The zero-order valence-electron chi connectivity index (χ0n) is 64.5. The molecule has 13 rings (SSSR count). The van der Waals surface area contributed by atoms with Gasteiger partial charge in [0.1, 0.15) is 48.6 Å². The van der Waals surface area contributed by atoms with Crippen molar-refractivity contribution in [1.82, 2.24) is 39.9 Å². The van der Waals surface area contributed by atoms with E-state index in [2.05, 4.69) is 99.9 Å². The molecule has 0 spiro atoms. The number of ether oxygens (including phenoxy) is 4. The molecular weight excluding hydrogens is 1480 g/mol. The number of nitrogens with two attached hydrogens (primary N) is 1. The molecule has 5 fully saturated rings. The fraction of sp³-hybridized carbons (Fsp3) is 0.550. The van der Waals surface area contributed by atoms with Crippen LogP contribution in [0.4, 0.5) is 23.3 Å². The average molecular weight is 1590 g/mol. The van der Waals surface area contributed by atoms with Gasteiger partial charge in [0.05, 0.1) is 86.4 Å². The maximum Gasteiger partial charge on any atom is 0.333 e. The molecular formula is C80H115N13O19S. The molecule has 8 aromatic rings. The Labute approximate surface area is 661 Å². The fourth-order valence-electron chi connectivity index (χ4n) is 14.4. The van der Waals surface area contributed by atoms with Gasteiger partial charge >= 0.3 is 10.3 Å². The van der Waals surface area contributed by atoms with Crippen molar-refractivity contribution in [3.63, 3.8) is 0 Å². The van der Waals surface area contributed by atoms with Crippen LogP contribution in [0.15, 0.2) is 117 Å². The monoisotopic (exact) mass is 1590 g/mol. The van der Waals surface area contributed by atoms with Crippen LogP contribution >= 0.6 is 0 Å². The molecule has 1 saturated heterocycles. The number of carbonyl (C=O) groups is 4. The Bertz CT molecular complexity index is 4170. The van der Waals surface area contributed by atoms with E-state index in [1.807, 2.05) is 0 Å². The van der Waals surface area contributed by atoms with Gasteiger partial charge in [-0.05, 0) is 131 Å². The highest BCUT2D eigenvalue weighted by Gasteiger charge is 2.37. The number of aliphatic hydroxyl groups excluding tert-OH is 4. The number of hydrogen-bond donors (Lipinski definition) is 9. The Hall–Kier alpha value is -9.13.